The molecular weight excluding hydrogens is 332 g/mol. The second-order valence-corrected chi connectivity index (χ2v) is 7.70. The quantitative estimate of drug-likeness (QED) is 0.804. The van der Waals surface area contributed by atoms with Crippen LogP contribution in [0.15, 0.2) is 18.2 Å². The van der Waals surface area contributed by atoms with Gasteiger partial charge in [-0.05, 0) is 25.8 Å². The fraction of sp³-hybridized carbons (Fsp3) is 0.650. The predicted octanol–water partition coefficient (Wildman–Crippen LogP) is 1.67. The molecule has 1 heterocycles. The highest BCUT2D eigenvalue weighted by molar-refractivity contribution is 5.87. The zero-order valence-corrected chi connectivity index (χ0v) is 16.0. The molecule has 0 unspecified atom stereocenters. The van der Waals surface area contributed by atoms with Crippen molar-refractivity contribution in [3.63, 3.8) is 0 Å². The van der Waals surface area contributed by atoms with Crippen molar-refractivity contribution in [3.8, 4) is 5.75 Å². The average Bonchev–Trinajstić information content (AvgIpc) is 2.64. The van der Waals surface area contributed by atoms with Gasteiger partial charge in [0.2, 0.25) is 5.91 Å². The molecule has 2 fully saturated rings. The van der Waals surface area contributed by atoms with E-state index in [1.54, 1.807) is 14.2 Å². The van der Waals surface area contributed by atoms with Gasteiger partial charge >= 0.3 is 0 Å². The van der Waals surface area contributed by atoms with E-state index in [1.807, 2.05) is 12.1 Å². The second kappa shape index (κ2) is 7.55. The minimum absolute atomic E-state index is 0.0830. The van der Waals surface area contributed by atoms with Crippen LogP contribution in [0.25, 0.3) is 0 Å². The van der Waals surface area contributed by atoms with E-state index in [-0.39, 0.29) is 17.4 Å². The number of hydrogen-bond donors (Lipinski definition) is 2. The molecule has 1 saturated carbocycles. The first-order valence-electron chi connectivity index (χ1n) is 9.25. The standard InChI is InChI=1S/C20H30N2O4/c1-14-4-5-17(25-3)16(10-14)19(6-8-26-9-7-19)13-22-18(23)20(21)11-15(12-20)24-2/h4-5,10,15H,6-9,11-13,21H2,1-3H3,(H,22,23). The molecule has 0 radical (unpaired) electrons. The molecule has 1 aromatic rings. The van der Waals surface area contributed by atoms with Gasteiger partial charge in [-0.1, -0.05) is 17.7 Å². The first-order valence-corrected chi connectivity index (χ1v) is 9.25. The van der Waals surface area contributed by atoms with E-state index in [2.05, 4.69) is 18.3 Å². The Hall–Kier alpha value is -1.63. The maximum Gasteiger partial charge on any atom is 0.240 e. The molecule has 1 aliphatic carbocycles. The first-order chi connectivity index (χ1) is 12.4. The summed E-state index contributed by atoms with van der Waals surface area (Å²) in [5.41, 5.74) is 7.54. The molecule has 26 heavy (non-hydrogen) atoms. The smallest absolute Gasteiger partial charge is 0.240 e. The highest BCUT2D eigenvalue weighted by Gasteiger charge is 2.48. The van der Waals surface area contributed by atoms with Crippen LogP contribution in [0, 0.1) is 6.92 Å². The molecule has 0 spiro atoms. The van der Waals surface area contributed by atoms with Crippen LogP contribution >= 0.6 is 0 Å². The number of carbonyl (C=O) groups is 1. The number of carbonyl (C=O) groups excluding carboxylic acids is 1. The lowest BCUT2D eigenvalue weighted by Gasteiger charge is -2.44. The van der Waals surface area contributed by atoms with Gasteiger partial charge in [0.05, 0.1) is 13.2 Å². The summed E-state index contributed by atoms with van der Waals surface area (Å²) in [5, 5.41) is 3.12. The Balaban J connectivity index is 1.79. The minimum Gasteiger partial charge on any atom is -0.496 e. The molecule has 1 saturated heterocycles. The summed E-state index contributed by atoms with van der Waals surface area (Å²) in [7, 11) is 3.34. The number of nitrogens with two attached hydrogens (primary N) is 1. The normalized spacial score (nSPS) is 27.5. The van der Waals surface area contributed by atoms with E-state index < -0.39 is 5.54 Å². The third kappa shape index (κ3) is 3.59. The highest BCUT2D eigenvalue weighted by atomic mass is 16.5. The summed E-state index contributed by atoms with van der Waals surface area (Å²) >= 11 is 0. The van der Waals surface area contributed by atoms with Gasteiger partial charge in [0, 0.05) is 50.7 Å². The fourth-order valence-electron chi connectivity index (χ4n) is 4.07. The van der Waals surface area contributed by atoms with Crippen molar-refractivity contribution in [2.75, 3.05) is 34.0 Å². The maximum atomic E-state index is 12.7. The van der Waals surface area contributed by atoms with Gasteiger partial charge in [-0.2, -0.15) is 0 Å². The monoisotopic (exact) mass is 362 g/mol. The van der Waals surface area contributed by atoms with Crippen LogP contribution in [0.4, 0.5) is 0 Å². The number of nitrogens with one attached hydrogen (secondary N) is 1. The van der Waals surface area contributed by atoms with E-state index in [9.17, 15) is 4.79 Å². The van der Waals surface area contributed by atoms with Gasteiger partial charge < -0.3 is 25.3 Å². The summed E-state index contributed by atoms with van der Waals surface area (Å²) in [6.07, 6.45) is 2.90. The number of amides is 1. The predicted molar refractivity (Wildman–Crippen MR) is 99.4 cm³/mol. The molecule has 1 amide bonds. The van der Waals surface area contributed by atoms with Crippen molar-refractivity contribution in [3.05, 3.63) is 29.3 Å². The van der Waals surface area contributed by atoms with Crippen molar-refractivity contribution >= 4 is 5.91 Å². The van der Waals surface area contributed by atoms with Gasteiger partial charge in [0.15, 0.2) is 0 Å². The number of hydrogen-bond acceptors (Lipinski definition) is 5. The molecule has 0 atom stereocenters. The lowest BCUT2D eigenvalue weighted by atomic mass is 9.71. The number of methoxy groups -OCH3 is 2. The Kier molecular flexibility index (Phi) is 5.55. The fourth-order valence-corrected chi connectivity index (χ4v) is 4.07. The molecule has 2 aliphatic rings. The summed E-state index contributed by atoms with van der Waals surface area (Å²) < 4.78 is 16.5. The molecular formula is C20H30N2O4. The van der Waals surface area contributed by atoms with Crippen LogP contribution in [0.5, 0.6) is 5.75 Å². The minimum atomic E-state index is -0.816. The van der Waals surface area contributed by atoms with Crippen molar-refractivity contribution in [1.29, 1.82) is 0 Å². The van der Waals surface area contributed by atoms with Gasteiger partial charge in [-0.3, -0.25) is 4.79 Å². The topological polar surface area (TPSA) is 82.8 Å². The second-order valence-electron chi connectivity index (χ2n) is 7.70. The van der Waals surface area contributed by atoms with E-state index >= 15 is 0 Å². The zero-order chi connectivity index (χ0) is 18.8. The highest BCUT2D eigenvalue weighted by Crippen LogP contribution is 2.40. The van der Waals surface area contributed by atoms with Gasteiger partial charge in [0.25, 0.3) is 0 Å². The Labute approximate surface area is 155 Å². The third-order valence-electron chi connectivity index (χ3n) is 5.93. The van der Waals surface area contributed by atoms with E-state index in [0.29, 0.717) is 32.6 Å². The number of benzene rings is 1. The lowest BCUT2D eigenvalue weighted by molar-refractivity contribution is -0.136. The average molecular weight is 362 g/mol. The number of aryl methyl sites for hydroxylation is 1. The van der Waals surface area contributed by atoms with Crippen molar-refractivity contribution < 1.29 is 19.0 Å². The van der Waals surface area contributed by atoms with E-state index in [0.717, 1.165) is 24.2 Å². The Morgan fingerprint density at radius 2 is 2.00 bits per heavy atom. The molecule has 3 N–H and O–H groups in total. The maximum absolute atomic E-state index is 12.7. The molecule has 0 aromatic heterocycles. The van der Waals surface area contributed by atoms with Gasteiger partial charge in [0.1, 0.15) is 11.3 Å². The molecule has 1 aliphatic heterocycles. The van der Waals surface area contributed by atoms with Gasteiger partial charge in [-0.25, -0.2) is 0 Å². The van der Waals surface area contributed by atoms with Crippen LogP contribution in [-0.2, 0) is 19.7 Å². The first kappa shape index (κ1) is 19.1. The summed E-state index contributed by atoms with van der Waals surface area (Å²) in [4.78, 5) is 12.7. The molecule has 0 bridgehead atoms. The van der Waals surface area contributed by atoms with Crippen LogP contribution in [-0.4, -0.2) is 51.5 Å². The molecule has 6 heteroatoms. The molecule has 1 aromatic carbocycles. The van der Waals surface area contributed by atoms with Crippen LogP contribution in [0.3, 0.4) is 0 Å². The Morgan fingerprint density at radius 1 is 1.31 bits per heavy atom. The van der Waals surface area contributed by atoms with Crippen LogP contribution < -0.4 is 15.8 Å². The van der Waals surface area contributed by atoms with E-state index in [1.165, 1.54) is 5.56 Å². The zero-order valence-electron chi connectivity index (χ0n) is 16.0. The number of ether oxygens (including phenoxy) is 3. The third-order valence-corrected chi connectivity index (χ3v) is 5.93. The lowest BCUT2D eigenvalue weighted by Crippen LogP contribution is -2.65. The SMILES string of the molecule is COc1ccc(C)cc1C1(CNC(=O)C2(N)CC(OC)C2)CCOCC1. The molecule has 144 valence electrons. The summed E-state index contributed by atoms with van der Waals surface area (Å²) in [5.74, 6) is 0.764. The molecule has 3 rings (SSSR count). The van der Waals surface area contributed by atoms with Crippen LogP contribution in [0.1, 0.15) is 36.8 Å². The molecule has 6 nitrogen and oxygen atoms in total. The summed E-state index contributed by atoms with van der Waals surface area (Å²) in [6.45, 7) is 3.95. The van der Waals surface area contributed by atoms with Crippen molar-refractivity contribution in [2.24, 2.45) is 5.73 Å². The Bertz CT molecular complexity index is 649. The Morgan fingerprint density at radius 3 is 2.62 bits per heavy atom. The van der Waals surface area contributed by atoms with E-state index in [4.69, 9.17) is 19.9 Å². The largest absolute Gasteiger partial charge is 0.496 e. The van der Waals surface area contributed by atoms with Crippen molar-refractivity contribution in [2.45, 2.75) is 49.7 Å². The van der Waals surface area contributed by atoms with Gasteiger partial charge in [-0.15, -0.1) is 0 Å². The van der Waals surface area contributed by atoms with Crippen LogP contribution in [0.2, 0.25) is 0 Å². The summed E-state index contributed by atoms with van der Waals surface area (Å²) in [6, 6.07) is 6.21. The number of rotatable bonds is 6. The van der Waals surface area contributed by atoms with Crippen molar-refractivity contribution in [1.82, 2.24) is 5.32 Å².